The summed E-state index contributed by atoms with van der Waals surface area (Å²) in [6.45, 7) is 5.65. The van der Waals surface area contributed by atoms with E-state index in [0.29, 0.717) is 19.3 Å². The number of allylic oxidation sites excluding steroid dienone is 2. The first-order valence-corrected chi connectivity index (χ1v) is 13.4. The molecule has 0 aliphatic carbocycles. The minimum atomic E-state index is -1.02. The van der Waals surface area contributed by atoms with Crippen LogP contribution in [-0.4, -0.2) is 58.8 Å². The van der Waals surface area contributed by atoms with Gasteiger partial charge in [0.05, 0.1) is 26.2 Å². The zero-order valence-corrected chi connectivity index (χ0v) is 21.5. The molecular weight excluding hydrogens is 434 g/mol. The quantitative estimate of drug-likeness (QED) is 0.108. The van der Waals surface area contributed by atoms with Crippen LogP contribution in [0.15, 0.2) is 12.2 Å². The molecule has 7 heteroatoms. The van der Waals surface area contributed by atoms with Crippen molar-refractivity contribution in [3.63, 3.8) is 0 Å². The molecule has 0 aliphatic heterocycles. The topological polar surface area (TPSA) is 115 Å². The van der Waals surface area contributed by atoms with E-state index in [0.717, 1.165) is 69.2 Å². The molecule has 0 unspecified atom stereocenters. The molecule has 0 saturated heterocycles. The lowest BCUT2D eigenvalue weighted by Gasteiger charge is -2.39. The normalized spacial score (nSPS) is 11.8. The lowest BCUT2D eigenvalue weighted by atomic mass is 10.1. The molecular formula is C27H49NO6. The molecule has 0 fully saturated rings. The molecule has 0 amide bonds. The van der Waals surface area contributed by atoms with E-state index in [1.165, 1.54) is 32.1 Å². The van der Waals surface area contributed by atoms with Gasteiger partial charge in [-0.3, -0.25) is 9.59 Å². The third-order valence-electron chi connectivity index (χ3n) is 6.55. The number of carboxylic acids is 3. The second-order valence-corrected chi connectivity index (χ2v) is 9.60. The number of unbranched alkanes of at least 4 members (excludes halogenated alkanes) is 10. The first kappa shape index (κ1) is 32.1. The second kappa shape index (κ2) is 21.6. The van der Waals surface area contributed by atoms with Crippen LogP contribution in [0.25, 0.3) is 0 Å². The monoisotopic (exact) mass is 483 g/mol. The predicted molar refractivity (Wildman–Crippen MR) is 133 cm³/mol. The standard InChI is InChI=1S/C27H49NO6/c1-2-3-4-5-6-7-8-9-10-14-21-28(22-15-11-18-25(29)30,23-16-12-19-26(31)32)24-17-13-20-27(33)34/h2-3H,4-24H2,1H3,(H2-,29,30,31,32,33,34)/b3-2+. The molecule has 7 nitrogen and oxygen atoms in total. The highest BCUT2D eigenvalue weighted by molar-refractivity contribution is 5.66. The molecule has 0 radical (unpaired) electrons. The van der Waals surface area contributed by atoms with E-state index in [1.807, 2.05) is 0 Å². The highest BCUT2D eigenvalue weighted by atomic mass is 16.4. The van der Waals surface area contributed by atoms with Gasteiger partial charge >= 0.3 is 11.9 Å². The number of carbonyl (C=O) groups excluding carboxylic acids is 1. The Morgan fingerprint density at radius 1 is 0.618 bits per heavy atom. The first-order valence-electron chi connectivity index (χ1n) is 13.4. The molecule has 0 bridgehead atoms. The molecule has 0 heterocycles. The van der Waals surface area contributed by atoms with Crippen molar-refractivity contribution in [3.8, 4) is 0 Å². The van der Waals surface area contributed by atoms with Gasteiger partial charge in [0.1, 0.15) is 0 Å². The largest absolute Gasteiger partial charge is 0.550 e. The van der Waals surface area contributed by atoms with Crippen LogP contribution in [0.4, 0.5) is 0 Å². The maximum absolute atomic E-state index is 10.9. The van der Waals surface area contributed by atoms with Gasteiger partial charge in [0.2, 0.25) is 0 Å². The van der Waals surface area contributed by atoms with E-state index < -0.39 is 17.9 Å². The SMILES string of the molecule is C/C=C/CCCCCCCCC[N+](CCCCC(=O)[O-])(CCCCC(=O)O)CCCCC(=O)O. The zero-order valence-electron chi connectivity index (χ0n) is 21.5. The Kier molecular flexibility index (Phi) is 20.4. The van der Waals surface area contributed by atoms with Gasteiger partial charge < -0.3 is 24.6 Å². The van der Waals surface area contributed by atoms with Crippen molar-refractivity contribution in [2.75, 3.05) is 26.2 Å². The second-order valence-electron chi connectivity index (χ2n) is 9.60. The van der Waals surface area contributed by atoms with Gasteiger partial charge in [-0.15, -0.1) is 0 Å². The molecule has 2 N–H and O–H groups in total. The minimum Gasteiger partial charge on any atom is -0.550 e. The van der Waals surface area contributed by atoms with E-state index in [4.69, 9.17) is 10.2 Å². The maximum Gasteiger partial charge on any atom is 0.303 e. The Hall–Kier alpha value is -1.89. The van der Waals surface area contributed by atoms with E-state index in [-0.39, 0.29) is 19.3 Å². The van der Waals surface area contributed by atoms with Crippen LogP contribution in [-0.2, 0) is 14.4 Å². The van der Waals surface area contributed by atoms with Crippen LogP contribution < -0.4 is 5.11 Å². The average molecular weight is 484 g/mol. The van der Waals surface area contributed by atoms with E-state index >= 15 is 0 Å². The summed E-state index contributed by atoms with van der Waals surface area (Å²) in [7, 11) is 0. The highest BCUT2D eigenvalue weighted by Gasteiger charge is 2.26. The number of carboxylic acid groups (broad SMARTS) is 3. The Balaban J connectivity index is 4.75. The third-order valence-corrected chi connectivity index (χ3v) is 6.55. The molecule has 0 spiro atoms. The fourth-order valence-corrected chi connectivity index (χ4v) is 4.59. The number of quaternary nitrogens is 1. The maximum atomic E-state index is 10.9. The number of carbonyl (C=O) groups is 3. The van der Waals surface area contributed by atoms with Crippen molar-refractivity contribution in [2.24, 2.45) is 0 Å². The molecule has 34 heavy (non-hydrogen) atoms. The van der Waals surface area contributed by atoms with Gasteiger partial charge in [0.25, 0.3) is 0 Å². The van der Waals surface area contributed by atoms with Crippen LogP contribution in [0.3, 0.4) is 0 Å². The molecule has 0 saturated carbocycles. The Morgan fingerprint density at radius 3 is 1.41 bits per heavy atom. The van der Waals surface area contributed by atoms with Crippen LogP contribution >= 0.6 is 0 Å². The van der Waals surface area contributed by atoms with Gasteiger partial charge in [-0.1, -0.05) is 37.8 Å². The van der Waals surface area contributed by atoms with E-state index in [1.54, 1.807) is 0 Å². The van der Waals surface area contributed by atoms with Crippen molar-refractivity contribution in [1.82, 2.24) is 0 Å². The zero-order chi connectivity index (χ0) is 25.5. The fraction of sp³-hybridized carbons (Fsp3) is 0.815. The fourth-order valence-electron chi connectivity index (χ4n) is 4.59. The summed E-state index contributed by atoms with van der Waals surface area (Å²) in [5.74, 6) is -2.58. The average Bonchev–Trinajstić information content (AvgIpc) is 2.78. The van der Waals surface area contributed by atoms with Crippen LogP contribution in [0, 0.1) is 0 Å². The van der Waals surface area contributed by atoms with Crippen LogP contribution in [0.2, 0.25) is 0 Å². The summed E-state index contributed by atoms with van der Waals surface area (Å²) < 4.78 is 0.843. The Morgan fingerprint density at radius 2 is 1.00 bits per heavy atom. The van der Waals surface area contributed by atoms with Crippen molar-refractivity contribution in [2.45, 2.75) is 116 Å². The molecule has 0 aromatic rings. The summed E-state index contributed by atoms with van der Waals surface area (Å²) in [4.78, 5) is 32.7. The van der Waals surface area contributed by atoms with Gasteiger partial charge in [0.15, 0.2) is 0 Å². The summed E-state index contributed by atoms with van der Waals surface area (Å²) >= 11 is 0. The highest BCUT2D eigenvalue weighted by Crippen LogP contribution is 2.19. The summed E-state index contributed by atoms with van der Waals surface area (Å²) in [6.07, 6.45) is 18.7. The van der Waals surface area contributed by atoms with Gasteiger partial charge in [-0.25, -0.2) is 0 Å². The summed E-state index contributed by atoms with van der Waals surface area (Å²) in [5, 5.41) is 28.8. The predicted octanol–water partition coefficient (Wildman–Crippen LogP) is 4.93. The number of aliphatic carboxylic acids is 3. The lowest BCUT2D eigenvalue weighted by Crippen LogP contribution is -2.51. The lowest BCUT2D eigenvalue weighted by molar-refractivity contribution is -0.929. The number of nitrogens with zero attached hydrogens (tertiary/aromatic N) is 1. The smallest absolute Gasteiger partial charge is 0.303 e. The van der Waals surface area contributed by atoms with E-state index in [9.17, 15) is 19.5 Å². The molecule has 0 aliphatic rings. The number of hydrogen-bond acceptors (Lipinski definition) is 4. The molecule has 0 rings (SSSR count). The van der Waals surface area contributed by atoms with Crippen LogP contribution in [0.1, 0.15) is 116 Å². The summed E-state index contributed by atoms with van der Waals surface area (Å²) in [5.41, 5.74) is 0. The first-order chi connectivity index (χ1) is 16.3. The van der Waals surface area contributed by atoms with Crippen molar-refractivity contribution in [1.29, 1.82) is 0 Å². The van der Waals surface area contributed by atoms with Gasteiger partial charge in [-0.2, -0.15) is 0 Å². The van der Waals surface area contributed by atoms with Gasteiger partial charge in [-0.05, 0) is 77.6 Å². The Labute approximate surface area is 206 Å². The molecule has 0 atom stereocenters. The van der Waals surface area contributed by atoms with Crippen LogP contribution in [0.5, 0.6) is 0 Å². The molecule has 0 aromatic carbocycles. The summed E-state index contributed by atoms with van der Waals surface area (Å²) in [6, 6.07) is 0. The number of hydrogen-bond donors (Lipinski definition) is 2. The molecule has 198 valence electrons. The number of rotatable bonds is 25. The van der Waals surface area contributed by atoms with Crippen molar-refractivity contribution in [3.05, 3.63) is 12.2 Å². The minimum absolute atomic E-state index is 0.0616. The third kappa shape index (κ3) is 20.7. The Bertz CT molecular complexity index is 520. The van der Waals surface area contributed by atoms with Crippen molar-refractivity contribution >= 4 is 17.9 Å². The van der Waals surface area contributed by atoms with Crippen molar-refractivity contribution < 1.29 is 34.2 Å². The van der Waals surface area contributed by atoms with E-state index in [2.05, 4.69) is 19.1 Å². The van der Waals surface area contributed by atoms with Gasteiger partial charge in [0, 0.05) is 18.8 Å². The molecule has 0 aromatic heterocycles.